The van der Waals surface area contributed by atoms with E-state index in [-0.39, 0.29) is 6.29 Å². The Morgan fingerprint density at radius 3 is 2.74 bits per heavy atom. The minimum atomic E-state index is -0.242. The second kappa shape index (κ2) is 5.82. The molecule has 1 aromatic carbocycles. The van der Waals surface area contributed by atoms with Crippen LogP contribution in [0.4, 0.5) is 0 Å². The van der Waals surface area contributed by atoms with E-state index in [4.69, 9.17) is 9.47 Å². The van der Waals surface area contributed by atoms with Crippen molar-refractivity contribution in [1.29, 1.82) is 0 Å². The summed E-state index contributed by atoms with van der Waals surface area (Å²) in [7, 11) is 0. The molecule has 1 aromatic heterocycles. The largest absolute Gasteiger partial charge is 0.341 e. The van der Waals surface area contributed by atoms with Gasteiger partial charge in [-0.25, -0.2) is 0 Å². The third-order valence-electron chi connectivity index (χ3n) is 3.08. The molecular weight excluding hydrogens is 306 g/mol. The lowest BCUT2D eigenvalue weighted by Crippen LogP contribution is -2.40. The van der Waals surface area contributed by atoms with E-state index in [1.807, 2.05) is 30.3 Å². The maximum Gasteiger partial charge on any atom is 0.245 e. The molecule has 3 nitrogen and oxygen atoms in total. The van der Waals surface area contributed by atoms with Gasteiger partial charge in [-0.2, -0.15) is 4.57 Å². The standard InChI is InChI=1S/C15H15BrNO2/c16-13-5-3-4-12(10-13)11-17-7-2-1-6-14(17)15-18-8-9-19-15/h1-7,10,15H,8-9,11H2/q+1. The molecule has 0 radical (unpaired) electrons. The summed E-state index contributed by atoms with van der Waals surface area (Å²) in [6.45, 7) is 2.13. The predicted molar refractivity (Wildman–Crippen MR) is 74.5 cm³/mol. The van der Waals surface area contributed by atoms with Crippen molar-refractivity contribution in [3.63, 3.8) is 0 Å². The average molecular weight is 321 g/mol. The minimum Gasteiger partial charge on any atom is -0.341 e. The number of rotatable bonds is 3. The quantitative estimate of drug-likeness (QED) is 0.811. The van der Waals surface area contributed by atoms with Crippen LogP contribution in [-0.4, -0.2) is 13.2 Å². The maximum absolute atomic E-state index is 5.59. The zero-order valence-corrected chi connectivity index (χ0v) is 12.0. The third kappa shape index (κ3) is 3.03. The van der Waals surface area contributed by atoms with E-state index in [1.54, 1.807) is 0 Å². The molecule has 19 heavy (non-hydrogen) atoms. The Labute approximate surface area is 120 Å². The highest BCUT2D eigenvalue weighted by atomic mass is 79.9. The molecule has 0 bridgehead atoms. The lowest BCUT2D eigenvalue weighted by atomic mass is 10.2. The maximum atomic E-state index is 5.59. The van der Waals surface area contributed by atoms with Crippen LogP contribution in [0.3, 0.4) is 0 Å². The molecule has 98 valence electrons. The Kier molecular flexibility index (Phi) is 3.92. The van der Waals surface area contributed by atoms with Crippen molar-refractivity contribution in [1.82, 2.24) is 0 Å². The van der Waals surface area contributed by atoms with Crippen molar-refractivity contribution >= 4 is 15.9 Å². The van der Waals surface area contributed by atoms with Crippen molar-refractivity contribution in [3.05, 3.63) is 64.4 Å². The Bertz CT molecular complexity index is 568. The number of nitrogens with zero attached hydrogens (tertiary/aromatic N) is 1. The second-order valence-corrected chi connectivity index (χ2v) is 5.37. The summed E-state index contributed by atoms with van der Waals surface area (Å²) in [6.07, 6.45) is 1.81. The van der Waals surface area contributed by atoms with Crippen LogP contribution in [0.5, 0.6) is 0 Å². The Hall–Kier alpha value is -1.23. The van der Waals surface area contributed by atoms with Gasteiger partial charge in [0.25, 0.3) is 0 Å². The highest BCUT2D eigenvalue weighted by Gasteiger charge is 2.26. The predicted octanol–water partition coefficient (Wildman–Crippen LogP) is 2.83. The van der Waals surface area contributed by atoms with E-state index in [0.29, 0.717) is 13.2 Å². The number of hydrogen-bond acceptors (Lipinski definition) is 2. The van der Waals surface area contributed by atoms with Crippen molar-refractivity contribution in [2.45, 2.75) is 12.8 Å². The molecule has 1 aliphatic rings. The van der Waals surface area contributed by atoms with Gasteiger partial charge in [-0.3, -0.25) is 0 Å². The Balaban J connectivity index is 1.88. The zero-order valence-electron chi connectivity index (χ0n) is 10.5. The van der Waals surface area contributed by atoms with Crippen molar-refractivity contribution < 1.29 is 14.0 Å². The number of aromatic nitrogens is 1. The Morgan fingerprint density at radius 1 is 1.11 bits per heavy atom. The van der Waals surface area contributed by atoms with Gasteiger partial charge in [-0.15, -0.1) is 0 Å². The van der Waals surface area contributed by atoms with Gasteiger partial charge in [0, 0.05) is 22.2 Å². The van der Waals surface area contributed by atoms with Crippen LogP contribution in [-0.2, 0) is 16.0 Å². The van der Waals surface area contributed by atoms with Crippen LogP contribution >= 0.6 is 15.9 Å². The molecule has 0 amide bonds. The molecular formula is C15H15BrNO2+. The monoisotopic (exact) mass is 320 g/mol. The third-order valence-corrected chi connectivity index (χ3v) is 3.57. The lowest BCUT2D eigenvalue weighted by molar-refractivity contribution is -0.701. The van der Waals surface area contributed by atoms with Crippen molar-refractivity contribution in [2.75, 3.05) is 13.2 Å². The van der Waals surface area contributed by atoms with Crippen LogP contribution in [0.25, 0.3) is 0 Å². The van der Waals surface area contributed by atoms with Crippen LogP contribution in [0, 0.1) is 0 Å². The van der Waals surface area contributed by atoms with Gasteiger partial charge in [0.15, 0.2) is 12.7 Å². The molecule has 1 aliphatic heterocycles. The molecule has 0 saturated carbocycles. The second-order valence-electron chi connectivity index (χ2n) is 4.46. The number of halogens is 1. The van der Waals surface area contributed by atoms with Crippen molar-refractivity contribution in [2.24, 2.45) is 0 Å². The molecule has 0 spiro atoms. The summed E-state index contributed by atoms with van der Waals surface area (Å²) in [6, 6.07) is 14.4. The number of ether oxygens (including phenoxy) is 2. The first-order chi connectivity index (χ1) is 9.33. The fraction of sp³-hybridized carbons (Fsp3) is 0.267. The van der Waals surface area contributed by atoms with E-state index >= 15 is 0 Å². The van der Waals surface area contributed by atoms with Gasteiger partial charge in [0.2, 0.25) is 12.0 Å². The minimum absolute atomic E-state index is 0.242. The van der Waals surface area contributed by atoms with Crippen LogP contribution < -0.4 is 4.57 Å². The fourth-order valence-corrected chi connectivity index (χ4v) is 2.66. The Morgan fingerprint density at radius 2 is 1.95 bits per heavy atom. The highest BCUT2D eigenvalue weighted by Crippen LogP contribution is 2.20. The van der Waals surface area contributed by atoms with Crippen LogP contribution in [0.2, 0.25) is 0 Å². The van der Waals surface area contributed by atoms with Gasteiger partial charge in [0.05, 0.1) is 13.2 Å². The molecule has 1 saturated heterocycles. The smallest absolute Gasteiger partial charge is 0.245 e. The molecule has 0 unspecified atom stereocenters. The first-order valence-electron chi connectivity index (χ1n) is 6.29. The fourth-order valence-electron chi connectivity index (χ4n) is 2.21. The first-order valence-corrected chi connectivity index (χ1v) is 7.08. The van der Waals surface area contributed by atoms with Crippen LogP contribution in [0.1, 0.15) is 17.5 Å². The average Bonchev–Trinajstić information content (AvgIpc) is 2.93. The number of pyridine rings is 1. The molecule has 3 rings (SSSR count). The zero-order chi connectivity index (χ0) is 13.1. The molecule has 1 fully saturated rings. The molecule has 0 N–H and O–H groups in total. The van der Waals surface area contributed by atoms with Gasteiger partial charge >= 0.3 is 0 Å². The summed E-state index contributed by atoms with van der Waals surface area (Å²) >= 11 is 3.50. The normalized spacial score (nSPS) is 15.8. The van der Waals surface area contributed by atoms with E-state index in [9.17, 15) is 0 Å². The SMILES string of the molecule is Brc1cccc(C[n+]2ccccc2C2OCCO2)c1. The molecule has 2 heterocycles. The molecule has 2 aromatic rings. The summed E-state index contributed by atoms with van der Waals surface area (Å²) < 4.78 is 14.4. The molecule has 0 atom stereocenters. The summed E-state index contributed by atoms with van der Waals surface area (Å²) in [5, 5.41) is 0. The summed E-state index contributed by atoms with van der Waals surface area (Å²) in [5.74, 6) is 0. The lowest BCUT2D eigenvalue weighted by Gasteiger charge is -2.09. The highest BCUT2D eigenvalue weighted by molar-refractivity contribution is 9.10. The van der Waals surface area contributed by atoms with Gasteiger partial charge in [-0.05, 0) is 18.2 Å². The van der Waals surface area contributed by atoms with E-state index in [2.05, 4.69) is 38.8 Å². The topological polar surface area (TPSA) is 22.3 Å². The van der Waals surface area contributed by atoms with E-state index < -0.39 is 0 Å². The van der Waals surface area contributed by atoms with Gasteiger partial charge < -0.3 is 9.47 Å². The summed E-state index contributed by atoms with van der Waals surface area (Å²) in [5.41, 5.74) is 2.30. The van der Waals surface area contributed by atoms with Crippen molar-refractivity contribution in [3.8, 4) is 0 Å². The number of hydrogen-bond donors (Lipinski definition) is 0. The molecule has 4 heteroatoms. The molecule has 0 aliphatic carbocycles. The van der Waals surface area contributed by atoms with Gasteiger partial charge in [0.1, 0.15) is 0 Å². The van der Waals surface area contributed by atoms with E-state index in [0.717, 1.165) is 16.7 Å². The van der Waals surface area contributed by atoms with E-state index in [1.165, 1.54) is 5.56 Å². The number of benzene rings is 1. The van der Waals surface area contributed by atoms with Crippen LogP contribution in [0.15, 0.2) is 53.1 Å². The summed E-state index contributed by atoms with van der Waals surface area (Å²) in [4.78, 5) is 0. The van der Waals surface area contributed by atoms with Gasteiger partial charge in [-0.1, -0.05) is 28.1 Å². The first kappa shape index (κ1) is 12.8.